The van der Waals surface area contributed by atoms with Gasteiger partial charge in [0.1, 0.15) is 0 Å². The van der Waals surface area contributed by atoms with Crippen molar-refractivity contribution in [2.75, 3.05) is 13.2 Å². The molecule has 0 heterocycles. The number of benzene rings is 1. The molecule has 4 heteroatoms. The molecule has 1 aliphatic rings. The van der Waals surface area contributed by atoms with Gasteiger partial charge in [-0.25, -0.2) is 4.39 Å². The van der Waals surface area contributed by atoms with E-state index in [1.54, 1.807) is 13.0 Å². The highest BCUT2D eigenvalue weighted by atomic mass is 19.2. The fourth-order valence-corrected chi connectivity index (χ4v) is 2.96. The van der Waals surface area contributed by atoms with Gasteiger partial charge in [0.2, 0.25) is 5.82 Å². The molecule has 1 fully saturated rings. The fraction of sp³-hybridized carbons (Fsp3) is 0.556. The van der Waals surface area contributed by atoms with Crippen LogP contribution in [0.1, 0.15) is 51.0 Å². The van der Waals surface area contributed by atoms with Crippen LogP contribution in [-0.4, -0.2) is 19.3 Å². The van der Waals surface area contributed by atoms with Crippen LogP contribution < -0.4 is 4.74 Å². The average molecular weight is 310 g/mol. The van der Waals surface area contributed by atoms with Crippen molar-refractivity contribution in [1.82, 2.24) is 0 Å². The Hall–Kier alpha value is -1.42. The molecule has 0 unspecified atom stereocenters. The van der Waals surface area contributed by atoms with Crippen molar-refractivity contribution < 1.29 is 18.3 Å². The highest BCUT2D eigenvalue weighted by Gasteiger charge is 2.26. The van der Waals surface area contributed by atoms with Crippen LogP contribution in [0, 0.1) is 11.6 Å². The summed E-state index contributed by atoms with van der Waals surface area (Å²) in [5, 5.41) is 0. The Balaban J connectivity index is 1.98. The second-order valence-electron chi connectivity index (χ2n) is 5.59. The molecule has 1 aromatic carbocycles. The van der Waals surface area contributed by atoms with Gasteiger partial charge in [-0.3, -0.25) is 0 Å². The minimum absolute atomic E-state index is 0.00729. The van der Waals surface area contributed by atoms with Crippen LogP contribution in [0.15, 0.2) is 24.3 Å². The van der Waals surface area contributed by atoms with Gasteiger partial charge in [-0.1, -0.05) is 18.2 Å². The van der Waals surface area contributed by atoms with Gasteiger partial charge >= 0.3 is 0 Å². The summed E-state index contributed by atoms with van der Waals surface area (Å²) < 4.78 is 39.0. The third-order valence-corrected chi connectivity index (χ3v) is 4.15. The minimum atomic E-state index is -0.870. The quantitative estimate of drug-likeness (QED) is 0.690. The van der Waals surface area contributed by atoms with E-state index in [4.69, 9.17) is 9.47 Å². The van der Waals surface area contributed by atoms with Gasteiger partial charge in [0, 0.05) is 0 Å². The fourth-order valence-electron chi connectivity index (χ4n) is 2.96. The summed E-state index contributed by atoms with van der Waals surface area (Å²) in [6.07, 6.45) is 7.59. The van der Waals surface area contributed by atoms with Gasteiger partial charge in [0.25, 0.3) is 0 Å². The summed E-state index contributed by atoms with van der Waals surface area (Å²) in [4.78, 5) is 0. The molecule has 22 heavy (non-hydrogen) atoms. The van der Waals surface area contributed by atoms with E-state index >= 15 is 0 Å². The lowest BCUT2D eigenvalue weighted by atomic mass is 9.82. The van der Waals surface area contributed by atoms with Crippen molar-refractivity contribution in [1.29, 1.82) is 0 Å². The zero-order valence-electron chi connectivity index (χ0n) is 13.3. The summed E-state index contributed by atoms with van der Waals surface area (Å²) >= 11 is 0. The highest BCUT2D eigenvalue weighted by Crippen LogP contribution is 2.37. The maximum atomic E-state index is 14.2. The van der Waals surface area contributed by atoms with Crippen LogP contribution in [0.25, 0.3) is 0 Å². The smallest absolute Gasteiger partial charge is 0.200 e. The molecule has 1 saturated carbocycles. The monoisotopic (exact) mass is 310 g/mol. The lowest BCUT2D eigenvalue weighted by Crippen LogP contribution is -2.21. The molecule has 0 aliphatic heterocycles. The van der Waals surface area contributed by atoms with Crippen LogP contribution >= 0.6 is 0 Å². The van der Waals surface area contributed by atoms with E-state index in [-0.39, 0.29) is 17.8 Å². The molecule has 1 aliphatic carbocycles. The molecule has 0 spiro atoms. The molecule has 0 radical (unpaired) electrons. The Morgan fingerprint density at radius 2 is 1.86 bits per heavy atom. The van der Waals surface area contributed by atoms with Gasteiger partial charge in [-0.2, -0.15) is 4.39 Å². The first-order valence-corrected chi connectivity index (χ1v) is 8.00. The number of allylic oxidation sites excluding steroid dienone is 1. The molecule has 122 valence electrons. The molecule has 2 nitrogen and oxygen atoms in total. The molecular weight excluding hydrogens is 286 g/mol. The Labute approximate surface area is 131 Å². The van der Waals surface area contributed by atoms with Gasteiger partial charge in [-0.15, -0.1) is 0 Å². The van der Waals surface area contributed by atoms with Gasteiger partial charge in [-0.05, 0) is 57.1 Å². The summed E-state index contributed by atoms with van der Waals surface area (Å²) in [6.45, 7) is 4.66. The van der Waals surface area contributed by atoms with E-state index in [9.17, 15) is 8.78 Å². The van der Waals surface area contributed by atoms with Crippen LogP contribution in [0.2, 0.25) is 0 Å². The van der Waals surface area contributed by atoms with Crippen LogP contribution in [0.4, 0.5) is 8.78 Å². The number of ether oxygens (including phenoxy) is 2. The van der Waals surface area contributed by atoms with E-state index in [1.165, 1.54) is 6.07 Å². The van der Waals surface area contributed by atoms with Gasteiger partial charge in [0.05, 0.1) is 19.3 Å². The maximum Gasteiger partial charge on any atom is 0.200 e. The topological polar surface area (TPSA) is 18.5 Å². The predicted octanol–water partition coefficient (Wildman–Crippen LogP) is 4.98. The zero-order chi connectivity index (χ0) is 15.9. The molecule has 0 atom stereocenters. The molecule has 0 bridgehead atoms. The number of hydrogen-bond acceptors (Lipinski definition) is 2. The Kier molecular flexibility index (Phi) is 6.37. The SMILES string of the molecule is CC=CCOC1CCC(c2ccc(OCC)c(F)c2F)CC1. The Morgan fingerprint density at radius 3 is 2.50 bits per heavy atom. The average Bonchev–Trinajstić information content (AvgIpc) is 2.53. The third-order valence-electron chi connectivity index (χ3n) is 4.15. The van der Waals surface area contributed by atoms with E-state index in [0.29, 0.717) is 18.8 Å². The van der Waals surface area contributed by atoms with Gasteiger partial charge < -0.3 is 9.47 Å². The van der Waals surface area contributed by atoms with Crippen molar-refractivity contribution in [2.45, 2.75) is 51.6 Å². The second-order valence-corrected chi connectivity index (χ2v) is 5.59. The minimum Gasteiger partial charge on any atom is -0.491 e. The van der Waals surface area contributed by atoms with Crippen molar-refractivity contribution in [3.63, 3.8) is 0 Å². The second kappa shape index (κ2) is 8.28. The van der Waals surface area contributed by atoms with Crippen molar-refractivity contribution in [3.8, 4) is 5.75 Å². The maximum absolute atomic E-state index is 14.2. The third kappa shape index (κ3) is 4.07. The van der Waals surface area contributed by atoms with E-state index in [0.717, 1.165) is 25.7 Å². The lowest BCUT2D eigenvalue weighted by Gasteiger charge is -2.29. The standard InChI is InChI=1S/C18H24F2O2/c1-3-5-12-22-14-8-6-13(7-9-14)15-10-11-16(21-4-2)18(20)17(15)19/h3,5,10-11,13-14H,4,6-9,12H2,1-2H3. The summed E-state index contributed by atoms with van der Waals surface area (Å²) in [7, 11) is 0. The molecule has 2 rings (SSSR count). The summed E-state index contributed by atoms with van der Waals surface area (Å²) in [6, 6.07) is 3.20. The van der Waals surface area contributed by atoms with Crippen LogP contribution in [0.5, 0.6) is 5.75 Å². The van der Waals surface area contributed by atoms with E-state index < -0.39 is 11.6 Å². The largest absolute Gasteiger partial charge is 0.491 e. The lowest BCUT2D eigenvalue weighted by molar-refractivity contribution is 0.0419. The number of rotatable bonds is 6. The number of halogens is 2. The first-order valence-electron chi connectivity index (χ1n) is 8.00. The predicted molar refractivity (Wildman–Crippen MR) is 83.3 cm³/mol. The normalized spacial score (nSPS) is 22.2. The number of hydrogen-bond donors (Lipinski definition) is 0. The van der Waals surface area contributed by atoms with Crippen LogP contribution in [-0.2, 0) is 4.74 Å². The Bertz CT molecular complexity index is 506. The van der Waals surface area contributed by atoms with Gasteiger partial charge in [0.15, 0.2) is 11.6 Å². The summed E-state index contributed by atoms with van der Waals surface area (Å²) in [5.41, 5.74) is 0.466. The van der Waals surface area contributed by atoms with E-state index in [2.05, 4.69) is 0 Å². The van der Waals surface area contributed by atoms with E-state index in [1.807, 2.05) is 19.1 Å². The van der Waals surface area contributed by atoms with Crippen LogP contribution in [0.3, 0.4) is 0 Å². The first kappa shape index (κ1) is 16.9. The molecule has 1 aromatic rings. The zero-order valence-corrected chi connectivity index (χ0v) is 13.3. The molecular formula is C18H24F2O2. The first-order chi connectivity index (χ1) is 10.7. The Morgan fingerprint density at radius 1 is 1.14 bits per heavy atom. The van der Waals surface area contributed by atoms with Crippen molar-refractivity contribution in [2.24, 2.45) is 0 Å². The summed E-state index contributed by atoms with van der Waals surface area (Å²) in [5.74, 6) is -1.58. The highest BCUT2D eigenvalue weighted by molar-refractivity contribution is 5.33. The molecule has 0 N–H and O–H groups in total. The van der Waals surface area contributed by atoms with Crippen molar-refractivity contribution in [3.05, 3.63) is 41.5 Å². The van der Waals surface area contributed by atoms with Crippen molar-refractivity contribution >= 4 is 0 Å². The molecule has 0 saturated heterocycles. The molecule has 0 aromatic heterocycles. The molecule has 0 amide bonds.